The van der Waals surface area contributed by atoms with E-state index >= 15 is 0 Å². The second-order valence-corrected chi connectivity index (χ2v) is 6.39. The Hall–Kier alpha value is -3.35. The van der Waals surface area contributed by atoms with Gasteiger partial charge in [-0.2, -0.15) is 0 Å². The minimum absolute atomic E-state index is 0.0710. The first-order chi connectivity index (χ1) is 13.0. The Bertz CT molecular complexity index is 958. The van der Waals surface area contributed by atoms with Gasteiger partial charge in [0.05, 0.1) is 0 Å². The van der Waals surface area contributed by atoms with Crippen molar-refractivity contribution in [2.24, 2.45) is 12.8 Å². The summed E-state index contributed by atoms with van der Waals surface area (Å²) in [4.78, 5) is 29.9. The molecule has 1 aromatic carbocycles. The number of aromatic nitrogens is 2. The molecular weight excluding hydrogens is 344 g/mol. The van der Waals surface area contributed by atoms with Gasteiger partial charge in [0, 0.05) is 50.6 Å². The standard InChI is InChI=1S/C20H22N4O3/c1-23-12-10-22-18(23)7-4-11-24(2)20(26)15-6-3-5-14(13-15)16-8-9-17(27-16)19(21)25/h3,5-6,8-10,12-13H,4,7,11H2,1-2H3,(H2,21,25). The van der Waals surface area contributed by atoms with Crippen LogP contribution >= 0.6 is 0 Å². The van der Waals surface area contributed by atoms with Crippen molar-refractivity contribution in [2.45, 2.75) is 12.8 Å². The molecule has 7 nitrogen and oxygen atoms in total. The first kappa shape index (κ1) is 18.4. The van der Waals surface area contributed by atoms with Crippen molar-refractivity contribution < 1.29 is 14.0 Å². The minimum atomic E-state index is -0.624. The largest absolute Gasteiger partial charge is 0.451 e. The summed E-state index contributed by atoms with van der Waals surface area (Å²) in [7, 11) is 3.74. The number of imidazole rings is 1. The zero-order valence-corrected chi connectivity index (χ0v) is 15.4. The number of nitrogens with two attached hydrogens (primary N) is 1. The van der Waals surface area contributed by atoms with Crippen LogP contribution in [0.15, 0.2) is 53.2 Å². The number of amides is 2. The van der Waals surface area contributed by atoms with Gasteiger partial charge in [-0.05, 0) is 30.7 Å². The van der Waals surface area contributed by atoms with Crippen molar-refractivity contribution >= 4 is 11.8 Å². The third kappa shape index (κ3) is 4.25. The van der Waals surface area contributed by atoms with E-state index < -0.39 is 5.91 Å². The molecule has 0 radical (unpaired) electrons. The van der Waals surface area contributed by atoms with Gasteiger partial charge in [0.25, 0.3) is 11.8 Å². The van der Waals surface area contributed by atoms with Gasteiger partial charge >= 0.3 is 0 Å². The molecule has 0 unspecified atom stereocenters. The van der Waals surface area contributed by atoms with Crippen LogP contribution in [0.4, 0.5) is 0 Å². The Morgan fingerprint density at radius 2 is 2.07 bits per heavy atom. The first-order valence-electron chi connectivity index (χ1n) is 8.67. The lowest BCUT2D eigenvalue weighted by molar-refractivity contribution is 0.0793. The summed E-state index contributed by atoms with van der Waals surface area (Å²) in [6, 6.07) is 10.3. The second-order valence-electron chi connectivity index (χ2n) is 6.39. The van der Waals surface area contributed by atoms with Gasteiger partial charge < -0.3 is 19.6 Å². The highest BCUT2D eigenvalue weighted by atomic mass is 16.3. The maximum absolute atomic E-state index is 12.7. The summed E-state index contributed by atoms with van der Waals surface area (Å²) < 4.78 is 7.42. The topological polar surface area (TPSA) is 94.4 Å². The van der Waals surface area contributed by atoms with Crippen LogP contribution in [-0.4, -0.2) is 39.9 Å². The van der Waals surface area contributed by atoms with E-state index in [1.54, 1.807) is 42.4 Å². The summed E-state index contributed by atoms with van der Waals surface area (Å²) in [5, 5.41) is 0. The van der Waals surface area contributed by atoms with E-state index in [1.807, 2.05) is 23.9 Å². The molecule has 0 bridgehead atoms. The quantitative estimate of drug-likeness (QED) is 0.695. The van der Waals surface area contributed by atoms with E-state index in [1.165, 1.54) is 6.07 Å². The van der Waals surface area contributed by atoms with Crippen LogP contribution in [0.2, 0.25) is 0 Å². The maximum Gasteiger partial charge on any atom is 0.284 e. The Morgan fingerprint density at radius 3 is 2.74 bits per heavy atom. The molecule has 0 saturated carbocycles. The number of carbonyl (C=O) groups is 2. The number of nitrogens with zero attached hydrogens (tertiary/aromatic N) is 3. The van der Waals surface area contributed by atoms with Crippen LogP contribution in [0.1, 0.15) is 33.2 Å². The van der Waals surface area contributed by atoms with Gasteiger partial charge in [-0.3, -0.25) is 9.59 Å². The van der Waals surface area contributed by atoms with E-state index in [9.17, 15) is 9.59 Å². The third-order valence-corrected chi connectivity index (χ3v) is 4.40. The van der Waals surface area contributed by atoms with Crippen LogP contribution in [0.5, 0.6) is 0 Å². The molecule has 0 fully saturated rings. The molecule has 2 aromatic heterocycles. The maximum atomic E-state index is 12.7. The lowest BCUT2D eigenvalue weighted by Crippen LogP contribution is -2.28. The molecule has 140 valence electrons. The van der Waals surface area contributed by atoms with Crippen molar-refractivity contribution in [2.75, 3.05) is 13.6 Å². The first-order valence-corrected chi connectivity index (χ1v) is 8.67. The van der Waals surface area contributed by atoms with Crippen LogP contribution in [-0.2, 0) is 13.5 Å². The summed E-state index contributed by atoms with van der Waals surface area (Å²) in [5.41, 5.74) is 6.49. The number of aryl methyl sites for hydroxylation is 2. The number of rotatable bonds is 7. The van der Waals surface area contributed by atoms with Crippen molar-refractivity contribution in [3.8, 4) is 11.3 Å². The van der Waals surface area contributed by atoms with Crippen molar-refractivity contribution in [1.29, 1.82) is 0 Å². The zero-order chi connectivity index (χ0) is 19.4. The molecule has 0 aliphatic heterocycles. The fourth-order valence-corrected chi connectivity index (χ4v) is 2.86. The fraction of sp³-hybridized carbons (Fsp3) is 0.250. The van der Waals surface area contributed by atoms with Crippen molar-refractivity contribution in [1.82, 2.24) is 14.5 Å². The van der Waals surface area contributed by atoms with E-state index in [4.69, 9.17) is 10.2 Å². The molecular formula is C20H22N4O3. The molecule has 3 aromatic rings. The highest BCUT2D eigenvalue weighted by Gasteiger charge is 2.14. The number of hydrogen-bond donors (Lipinski definition) is 1. The minimum Gasteiger partial charge on any atom is -0.451 e. The zero-order valence-electron chi connectivity index (χ0n) is 15.4. The SMILES string of the molecule is CN(CCCc1nccn1C)C(=O)c1cccc(-c2ccc(C(N)=O)o2)c1. The molecule has 0 saturated heterocycles. The molecule has 0 aliphatic carbocycles. The van der Waals surface area contributed by atoms with Gasteiger partial charge in [0.1, 0.15) is 11.6 Å². The number of hydrogen-bond acceptors (Lipinski definition) is 4. The van der Waals surface area contributed by atoms with Crippen LogP contribution in [0, 0.1) is 0 Å². The van der Waals surface area contributed by atoms with Gasteiger partial charge in [0.2, 0.25) is 0 Å². The smallest absolute Gasteiger partial charge is 0.284 e. The number of primary amides is 1. The molecule has 2 N–H and O–H groups in total. The predicted octanol–water partition coefficient (Wildman–Crippen LogP) is 2.48. The Morgan fingerprint density at radius 1 is 1.26 bits per heavy atom. The lowest BCUT2D eigenvalue weighted by atomic mass is 10.1. The molecule has 27 heavy (non-hydrogen) atoms. The van der Waals surface area contributed by atoms with Gasteiger partial charge in [-0.1, -0.05) is 12.1 Å². The van der Waals surface area contributed by atoms with Crippen molar-refractivity contribution in [3.05, 3.63) is 65.9 Å². The fourth-order valence-electron chi connectivity index (χ4n) is 2.86. The summed E-state index contributed by atoms with van der Waals surface area (Å²) in [6.07, 6.45) is 5.32. The second kappa shape index (κ2) is 7.90. The van der Waals surface area contributed by atoms with Crippen LogP contribution < -0.4 is 5.73 Å². The lowest BCUT2D eigenvalue weighted by Gasteiger charge is -2.17. The number of furan rings is 1. The summed E-state index contributed by atoms with van der Waals surface area (Å²) in [5.74, 6) is 0.893. The van der Waals surface area contributed by atoms with Gasteiger partial charge in [-0.25, -0.2) is 4.98 Å². The molecule has 0 atom stereocenters. The Labute approximate surface area is 157 Å². The number of benzene rings is 1. The van der Waals surface area contributed by atoms with Crippen LogP contribution in [0.25, 0.3) is 11.3 Å². The van der Waals surface area contributed by atoms with Crippen LogP contribution in [0.3, 0.4) is 0 Å². The third-order valence-electron chi connectivity index (χ3n) is 4.40. The molecule has 3 rings (SSSR count). The Balaban J connectivity index is 1.65. The normalized spacial score (nSPS) is 10.7. The van der Waals surface area contributed by atoms with Crippen molar-refractivity contribution in [3.63, 3.8) is 0 Å². The van der Waals surface area contributed by atoms with E-state index in [0.717, 1.165) is 24.2 Å². The average Bonchev–Trinajstić information content (AvgIpc) is 3.31. The highest BCUT2D eigenvalue weighted by Crippen LogP contribution is 2.23. The average molecular weight is 366 g/mol. The number of carbonyl (C=O) groups excluding carboxylic acids is 2. The molecule has 2 amide bonds. The summed E-state index contributed by atoms with van der Waals surface area (Å²) in [6.45, 7) is 0.627. The Kier molecular flexibility index (Phi) is 5.40. The highest BCUT2D eigenvalue weighted by molar-refractivity contribution is 5.95. The molecule has 7 heteroatoms. The summed E-state index contributed by atoms with van der Waals surface area (Å²) >= 11 is 0. The van der Waals surface area contributed by atoms with E-state index in [2.05, 4.69) is 4.98 Å². The monoisotopic (exact) mass is 366 g/mol. The van der Waals surface area contributed by atoms with E-state index in [-0.39, 0.29) is 11.7 Å². The molecule has 0 spiro atoms. The molecule has 0 aliphatic rings. The van der Waals surface area contributed by atoms with Gasteiger partial charge in [0.15, 0.2) is 5.76 Å². The predicted molar refractivity (Wildman–Crippen MR) is 101 cm³/mol. The van der Waals surface area contributed by atoms with Gasteiger partial charge in [-0.15, -0.1) is 0 Å². The van der Waals surface area contributed by atoms with E-state index in [0.29, 0.717) is 17.9 Å². The molecule has 2 heterocycles.